The molecule has 3 aliphatic rings. The Bertz CT molecular complexity index is 163. The van der Waals surface area contributed by atoms with E-state index in [1.165, 1.54) is 39.7 Å². The van der Waals surface area contributed by atoms with E-state index in [0.29, 0.717) is 0 Å². The lowest BCUT2D eigenvalue weighted by molar-refractivity contribution is 0.188. The molecule has 0 radical (unpaired) electrons. The van der Waals surface area contributed by atoms with Crippen molar-refractivity contribution < 1.29 is 0 Å². The first-order valence-electron chi connectivity index (χ1n) is 5.46. The fourth-order valence-electron chi connectivity index (χ4n) is 3.60. The van der Waals surface area contributed by atoms with Crippen molar-refractivity contribution in [2.75, 3.05) is 0 Å². The highest BCUT2D eigenvalue weighted by Crippen LogP contribution is 2.66. The smallest absolute Gasteiger partial charge is 0.0163 e. The van der Waals surface area contributed by atoms with Crippen LogP contribution < -0.4 is 0 Å². The second kappa shape index (κ2) is 3.21. The van der Waals surface area contributed by atoms with E-state index >= 15 is 0 Å². The maximum Gasteiger partial charge on any atom is -0.0163 e. The highest BCUT2D eigenvalue weighted by Gasteiger charge is 2.44. The summed E-state index contributed by atoms with van der Waals surface area (Å²) in [6.45, 7) is 0. The van der Waals surface area contributed by atoms with Crippen LogP contribution in [0, 0.1) is 11.8 Å². The van der Waals surface area contributed by atoms with Crippen LogP contribution in [0.25, 0.3) is 0 Å². The molecule has 0 aromatic rings. The second-order valence-electron chi connectivity index (χ2n) is 4.70. The van der Waals surface area contributed by atoms with Crippen molar-refractivity contribution in [1.29, 1.82) is 0 Å². The molecule has 2 aliphatic carbocycles. The van der Waals surface area contributed by atoms with Crippen molar-refractivity contribution in [3.05, 3.63) is 0 Å². The summed E-state index contributed by atoms with van der Waals surface area (Å²) in [6.07, 6.45) is 9.51. The van der Waals surface area contributed by atoms with Gasteiger partial charge in [0.05, 0.1) is 0 Å². The van der Waals surface area contributed by atoms with Crippen LogP contribution in [-0.4, -0.2) is 11.3 Å². The molecule has 12 heavy (non-hydrogen) atoms. The Hall–Kier alpha value is 0.860. The lowest BCUT2D eigenvalue weighted by atomic mass is 9.70. The van der Waals surface area contributed by atoms with E-state index in [0.717, 1.165) is 0 Å². The van der Waals surface area contributed by atoms with Gasteiger partial charge in [0, 0.05) is 0 Å². The Labute approximate surface area is 78.7 Å². The lowest BCUT2D eigenvalue weighted by Crippen LogP contribution is -2.35. The van der Waals surface area contributed by atoms with Gasteiger partial charge in [0.2, 0.25) is 0 Å². The van der Waals surface area contributed by atoms with E-state index < -0.39 is 0 Å². The Morgan fingerprint density at radius 1 is 0.750 bits per heavy atom. The van der Waals surface area contributed by atoms with E-state index in [2.05, 4.69) is 0 Å². The molecule has 1 heterocycles. The molecule has 3 rings (SSSR count). The van der Waals surface area contributed by atoms with Crippen molar-refractivity contribution in [1.82, 2.24) is 0 Å². The zero-order valence-electron chi connectivity index (χ0n) is 7.55. The highest BCUT2D eigenvalue weighted by molar-refractivity contribution is 8.13. The number of rotatable bonds is 0. The molecule has 4 atom stereocenters. The molecule has 2 saturated carbocycles. The van der Waals surface area contributed by atoms with Crippen molar-refractivity contribution >= 4 is 16.5 Å². The van der Waals surface area contributed by atoms with Crippen LogP contribution in [0.15, 0.2) is 0 Å². The monoisotopic (exact) mass is 200 g/mol. The quantitative estimate of drug-likeness (QED) is 0.524. The molecule has 1 saturated heterocycles. The zero-order chi connectivity index (χ0) is 7.97. The van der Waals surface area contributed by atoms with Crippen molar-refractivity contribution in [2.45, 2.75) is 49.8 Å². The highest BCUT2D eigenvalue weighted by atomic mass is 32.0. The summed E-state index contributed by atoms with van der Waals surface area (Å²) in [5, 5.41) is 0. The van der Waals surface area contributed by atoms with Crippen LogP contribution in [0.4, 0.5) is 0 Å². The van der Waals surface area contributed by atoms with Crippen molar-refractivity contribution in [3.63, 3.8) is 0 Å². The van der Waals surface area contributed by atoms with Crippen molar-refractivity contribution in [3.8, 4) is 0 Å². The molecule has 3 fully saturated rings. The van der Waals surface area contributed by atoms with Crippen LogP contribution >= 0.6 is 16.5 Å². The minimum Gasteiger partial charge on any atom is -0.0955 e. The third kappa shape index (κ3) is 1.18. The predicted octanol–water partition coefficient (Wildman–Crippen LogP) is 3.61. The number of hydrogen-bond donors (Lipinski definition) is 0. The molecule has 0 aromatic carbocycles. The van der Waals surface area contributed by atoms with Crippen LogP contribution in [0.3, 0.4) is 0 Å². The molecule has 0 spiro atoms. The van der Waals surface area contributed by atoms with Gasteiger partial charge in [-0.2, -0.15) is 0 Å². The standard InChI is InChI=1S/C10H18P2/c1-3-7-4-2-6-9-10(7)8(5-1)11-12-9/h7-12H,1-6H2. The predicted molar refractivity (Wildman–Crippen MR) is 58.9 cm³/mol. The van der Waals surface area contributed by atoms with Gasteiger partial charge in [0.25, 0.3) is 0 Å². The van der Waals surface area contributed by atoms with Crippen LogP contribution in [0.5, 0.6) is 0 Å². The average molecular weight is 200 g/mol. The van der Waals surface area contributed by atoms with Gasteiger partial charge in [-0.3, -0.25) is 0 Å². The largest absolute Gasteiger partial charge is 0.0955 e. The van der Waals surface area contributed by atoms with Gasteiger partial charge in [-0.25, -0.2) is 0 Å². The Morgan fingerprint density at radius 3 is 1.92 bits per heavy atom. The molecule has 68 valence electrons. The minimum absolute atomic E-state index is 1.19. The second-order valence-corrected chi connectivity index (χ2v) is 8.49. The molecule has 0 N–H and O–H groups in total. The van der Waals surface area contributed by atoms with Crippen LogP contribution in [-0.2, 0) is 0 Å². The van der Waals surface area contributed by atoms with E-state index in [9.17, 15) is 0 Å². The topological polar surface area (TPSA) is 0 Å². The van der Waals surface area contributed by atoms with Gasteiger partial charge in [-0.15, -0.1) is 0 Å². The van der Waals surface area contributed by atoms with Gasteiger partial charge < -0.3 is 0 Å². The summed E-state index contributed by atoms with van der Waals surface area (Å²) in [7, 11) is 2.76. The Balaban J connectivity index is 1.84. The molecule has 4 unspecified atom stereocenters. The van der Waals surface area contributed by atoms with Crippen LogP contribution in [0.2, 0.25) is 0 Å². The van der Waals surface area contributed by atoms with Gasteiger partial charge in [0.1, 0.15) is 0 Å². The van der Waals surface area contributed by atoms with Gasteiger partial charge in [-0.05, 0) is 36.0 Å². The Morgan fingerprint density at radius 2 is 1.33 bits per heavy atom. The molecule has 2 heteroatoms. The van der Waals surface area contributed by atoms with Crippen LogP contribution in [0.1, 0.15) is 38.5 Å². The first kappa shape index (κ1) is 8.19. The molecular weight excluding hydrogens is 182 g/mol. The molecule has 1 aliphatic heterocycles. The zero-order valence-corrected chi connectivity index (χ0v) is 9.55. The molecule has 0 amide bonds. The summed E-state index contributed by atoms with van der Waals surface area (Å²) >= 11 is 0. The maximum absolute atomic E-state index is 1.60. The number of hydrogen-bond acceptors (Lipinski definition) is 0. The third-order valence-corrected chi connectivity index (χ3v) is 9.09. The van der Waals surface area contributed by atoms with E-state index in [4.69, 9.17) is 0 Å². The van der Waals surface area contributed by atoms with E-state index in [1.54, 1.807) is 38.5 Å². The third-order valence-electron chi connectivity index (χ3n) is 4.11. The summed E-state index contributed by atoms with van der Waals surface area (Å²) in [5.41, 5.74) is 2.43. The lowest BCUT2D eigenvalue weighted by Gasteiger charge is -2.40. The first-order valence-corrected chi connectivity index (χ1v) is 8.62. The average Bonchev–Trinajstić information content (AvgIpc) is 2.52. The molecule has 0 bridgehead atoms. The molecule has 0 nitrogen and oxygen atoms in total. The Kier molecular flexibility index (Phi) is 2.19. The fourth-order valence-corrected chi connectivity index (χ4v) is 9.62. The normalized spacial score (nSPS) is 56.0. The first-order chi connectivity index (χ1) is 5.95. The fraction of sp³-hybridized carbons (Fsp3) is 1.00. The summed E-state index contributed by atoms with van der Waals surface area (Å²) in [6, 6.07) is 0. The molecular formula is C10H18P2. The summed E-state index contributed by atoms with van der Waals surface area (Å²) in [4.78, 5) is 0. The van der Waals surface area contributed by atoms with Gasteiger partial charge in [-0.1, -0.05) is 42.2 Å². The van der Waals surface area contributed by atoms with Crippen molar-refractivity contribution in [2.24, 2.45) is 11.8 Å². The van der Waals surface area contributed by atoms with Gasteiger partial charge >= 0.3 is 0 Å². The van der Waals surface area contributed by atoms with E-state index in [1.807, 2.05) is 0 Å². The summed E-state index contributed by atoms with van der Waals surface area (Å²) < 4.78 is 0. The SMILES string of the molecule is C1CC2CCCC3PPC(C1)C23. The maximum atomic E-state index is 1.60. The minimum atomic E-state index is 1.19. The summed E-state index contributed by atoms with van der Waals surface area (Å²) in [5.74, 6) is 2.41. The van der Waals surface area contributed by atoms with Gasteiger partial charge in [0.15, 0.2) is 0 Å². The van der Waals surface area contributed by atoms with E-state index in [-0.39, 0.29) is 0 Å². The molecule has 0 aromatic heterocycles.